The Morgan fingerprint density at radius 2 is 2.27 bits per heavy atom. The maximum atomic E-state index is 5.82. The summed E-state index contributed by atoms with van der Waals surface area (Å²) >= 11 is 1.91. The Morgan fingerprint density at radius 3 is 2.82 bits per heavy atom. The normalized spacial score (nSPS) is 13.4. The predicted molar refractivity (Wildman–Crippen MR) is 52.1 cm³/mol. The summed E-state index contributed by atoms with van der Waals surface area (Å²) in [7, 11) is 1.73. The van der Waals surface area contributed by atoms with Gasteiger partial charge in [0, 0.05) is 25.5 Å². The molecule has 2 nitrogen and oxygen atoms in total. The molecule has 0 spiro atoms. The van der Waals surface area contributed by atoms with E-state index in [1.807, 2.05) is 11.8 Å². The molecule has 2 N–H and O–H groups in total. The van der Waals surface area contributed by atoms with Crippen LogP contribution in [0.1, 0.15) is 19.8 Å². The molecule has 11 heavy (non-hydrogen) atoms. The van der Waals surface area contributed by atoms with E-state index in [9.17, 15) is 0 Å². The molecule has 0 saturated heterocycles. The van der Waals surface area contributed by atoms with E-state index in [0.29, 0.717) is 6.04 Å². The lowest BCUT2D eigenvalue weighted by molar-refractivity contribution is 0.191. The molecule has 0 fully saturated rings. The van der Waals surface area contributed by atoms with Gasteiger partial charge in [0.05, 0.1) is 0 Å². The van der Waals surface area contributed by atoms with E-state index in [1.54, 1.807) is 7.11 Å². The number of hydrogen-bond acceptors (Lipinski definition) is 3. The monoisotopic (exact) mass is 177 g/mol. The second kappa shape index (κ2) is 8.37. The van der Waals surface area contributed by atoms with E-state index in [1.165, 1.54) is 0 Å². The first kappa shape index (κ1) is 11.3. The fourth-order valence-corrected chi connectivity index (χ4v) is 1.55. The summed E-state index contributed by atoms with van der Waals surface area (Å²) < 4.78 is 4.93. The van der Waals surface area contributed by atoms with E-state index in [-0.39, 0.29) is 0 Å². The molecule has 0 bridgehead atoms. The average molecular weight is 177 g/mol. The number of thioether (sulfide) groups is 1. The number of ether oxygens (including phenoxy) is 1. The number of nitrogens with two attached hydrogens (primary N) is 1. The highest BCUT2D eigenvalue weighted by molar-refractivity contribution is 7.99. The van der Waals surface area contributed by atoms with Crippen LogP contribution < -0.4 is 5.73 Å². The van der Waals surface area contributed by atoms with Crippen LogP contribution in [0.25, 0.3) is 0 Å². The number of methoxy groups -OCH3 is 1. The highest BCUT2D eigenvalue weighted by Crippen LogP contribution is 2.04. The molecule has 0 aliphatic rings. The minimum atomic E-state index is 0.357. The van der Waals surface area contributed by atoms with Crippen molar-refractivity contribution in [3.63, 3.8) is 0 Å². The molecule has 0 aromatic rings. The molecular formula is C8H19NOS. The van der Waals surface area contributed by atoms with E-state index in [4.69, 9.17) is 10.5 Å². The highest BCUT2D eigenvalue weighted by Gasteiger charge is 2.00. The smallest absolute Gasteiger partial charge is 0.0462 e. The van der Waals surface area contributed by atoms with Crippen LogP contribution in [0.15, 0.2) is 0 Å². The van der Waals surface area contributed by atoms with Crippen molar-refractivity contribution >= 4 is 11.8 Å². The summed E-state index contributed by atoms with van der Waals surface area (Å²) in [5, 5.41) is 0. The van der Waals surface area contributed by atoms with Gasteiger partial charge in [0.1, 0.15) is 0 Å². The van der Waals surface area contributed by atoms with Crippen molar-refractivity contribution in [2.24, 2.45) is 5.73 Å². The average Bonchev–Trinajstić information content (AvgIpc) is 2.01. The predicted octanol–water partition coefficient (Wildman–Crippen LogP) is 1.49. The Morgan fingerprint density at radius 1 is 1.55 bits per heavy atom. The second-order valence-corrected chi connectivity index (χ2v) is 3.87. The van der Waals surface area contributed by atoms with Gasteiger partial charge < -0.3 is 10.5 Å². The van der Waals surface area contributed by atoms with Gasteiger partial charge in [-0.1, -0.05) is 6.92 Å². The second-order valence-electron chi connectivity index (χ2n) is 2.55. The van der Waals surface area contributed by atoms with Gasteiger partial charge in [0.25, 0.3) is 0 Å². The van der Waals surface area contributed by atoms with Crippen molar-refractivity contribution in [2.45, 2.75) is 25.8 Å². The molecule has 0 amide bonds. The third-order valence-corrected chi connectivity index (χ3v) is 2.53. The zero-order valence-corrected chi connectivity index (χ0v) is 8.32. The lowest BCUT2D eigenvalue weighted by Gasteiger charge is -2.09. The van der Waals surface area contributed by atoms with Gasteiger partial charge in [-0.25, -0.2) is 0 Å². The first-order valence-electron chi connectivity index (χ1n) is 4.13. The van der Waals surface area contributed by atoms with Gasteiger partial charge in [-0.3, -0.25) is 0 Å². The van der Waals surface area contributed by atoms with Crippen molar-refractivity contribution in [3.8, 4) is 0 Å². The SMILES string of the molecule is CCSCC(N)CCCOC. The van der Waals surface area contributed by atoms with Gasteiger partial charge in [0.2, 0.25) is 0 Å². The van der Waals surface area contributed by atoms with Crippen molar-refractivity contribution < 1.29 is 4.74 Å². The summed E-state index contributed by atoms with van der Waals surface area (Å²) in [5.41, 5.74) is 5.82. The Labute approximate surface area is 73.9 Å². The molecule has 68 valence electrons. The van der Waals surface area contributed by atoms with E-state index in [0.717, 1.165) is 31.0 Å². The minimum absolute atomic E-state index is 0.357. The quantitative estimate of drug-likeness (QED) is 0.598. The lowest BCUT2D eigenvalue weighted by atomic mass is 10.2. The van der Waals surface area contributed by atoms with Crippen LogP contribution in [-0.2, 0) is 4.74 Å². The van der Waals surface area contributed by atoms with Crippen molar-refractivity contribution in [1.29, 1.82) is 0 Å². The molecule has 0 aromatic carbocycles. The topological polar surface area (TPSA) is 35.2 Å². The molecule has 1 unspecified atom stereocenters. The van der Waals surface area contributed by atoms with Gasteiger partial charge >= 0.3 is 0 Å². The number of hydrogen-bond donors (Lipinski definition) is 1. The van der Waals surface area contributed by atoms with Gasteiger partial charge in [-0.2, -0.15) is 11.8 Å². The summed E-state index contributed by atoms with van der Waals surface area (Å²) in [4.78, 5) is 0. The van der Waals surface area contributed by atoms with Crippen LogP contribution in [0.5, 0.6) is 0 Å². The van der Waals surface area contributed by atoms with Gasteiger partial charge in [-0.15, -0.1) is 0 Å². The first-order chi connectivity index (χ1) is 5.31. The summed E-state index contributed by atoms with van der Waals surface area (Å²) in [6.07, 6.45) is 2.17. The van der Waals surface area contributed by atoms with Crippen LogP contribution in [0, 0.1) is 0 Å². The Bertz CT molecular complexity index is 80.5. The van der Waals surface area contributed by atoms with Crippen LogP contribution >= 0.6 is 11.8 Å². The highest BCUT2D eigenvalue weighted by atomic mass is 32.2. The van der Waals surface area contributed by atoms with Crippen LogP contribution in [-0.4, -0.2) is 31.3 Å². The van der Waals surface area contributed by atoms with Gasteiger partial charge in [0.15, 0.2) is 0 Å². The van der Waals surface area contributed by atoms with Crippen LogP contribution in [0.3, 0.4) is 0 Å². The first-order valence-corrected chi connectivity index (χ1v) is 5.29. The third kappa shape index (κ3) is 8.17. The Balaban J connectivity index is 3.02. The fraction of sp³-hybridized carbons (Fsp3) is 1.00. The molecule has 0 aliphatic carbocycles. The zero-order chi connectivity index (χ0) is 8.53. The van der Waals surface area contributed by atoms with Crippen LogP contribution in [0.4, 0.5) is 0 Å². The van der Waals surface area contributed by atoms with E-state index in [2.05, 4.69) is 6.92 Å². The van der Waals surface area contributed by atoms with Crippen LogP contribution in [0.2, 0.25) is 0 Å². The molecule has 1 atom stereocenters. The third-order valence-electron chi connectivity index (χ3n) is 1.46. The fourth-order valence-electron chi connectivity index (χ4n) is 0.842. The molecule has 0 heterocycles. The maximum absolute atomic E-state index is 5.82. The van der Waals surface area contributed by atoms with E-state index < -0.39 is 0 Å². The van der Waals surface area contributed by atoms with Gasteiger partial charge in [-0.05, 0) is 18.6 Å². The molecular weight excluding hydrogens is 158 g/mol. The Kier molecular flexibility index (Phi) is 8.57. The molecule has 3 heteroatoms. The van der Waals surface area contributed by atoms with Crippen molar-refractivity contribution in [2.75, 3.05) is 25.2 Å². The zero-order valence-electron chi connectivity index (χ0n) is 7.51. The molecule has 0 aromatic heterocycles. The Hall–Kier alpha value is 0.270. The molecule has 0 aliphatic heterocycles. The molecule has 0 rings (SSSR count). The standard InChI is InChI=1S/C8H19NOS/c1-3-11-7-8(9)5-4-6-10-2/h8H,3-7,9H2,1-2H3. The molecule has 0 saturated carbocycles. The number of rotatable bonds is 7. The minimum Gasteiger partial charge on any atom is -0.385 e. The molecule has 0 radical (unpaired) electrons. The van der Waals surface area contributed by atoms with Crippen molar-refractivity contribution in [1.82, 2.24) is 0 Å². The summed E-state index contributed by atoms with van der Waals surface area (Å²) in [5.74, 6) is 2.25. The van der Waals surface area contributed by atoms with Crippen molar-refractivity contribution in [3.05, 3.63) is 0 Å². The summed E-state index contributed by atoms with van der Waals surface area (Å²) in [6.45, 7) is 3.00. The lowest BCUT2D eigenvalue weighted by Crippen LogP contribution is -2.23. The van der Waals surface area contributed by atoms with E-state index >= 15 is 0 Å². The summed E-state index contributed by atoms with van der Waals surface area (Å²) in [6, 6.07) is 0.357. The largest absolute Gasteiger partial charge is 0.385 e. The maximum Gasteiger partial charge on any atom is 0.0462 e.